The summed E-state index contributed by atoms with van der Waals surface area (Å²) in [5.74, 6) is 0.508. The van der Waals surface area contributed by atoms with E-state index in [4.69, 9.17) is 4.74 Å². The number of benzene rings is 1. The molecular formula is C27H28N4O4. The zero-order valence-electron chi connectivity index (χ0n) is 19.5. The molecule has 5 fully saturated rings. The number of hydrogen-bond donors (Lipinski definition) is 1. The van der Waals surface area contributed by atoms with E-state index in [0.717, 1.165) is 43.7 Å². The smallest absolute Gasteiger partial charge is 0.255 e. The third kappa shape index (κ3) is 3.15. The Morgan fingerprint density at radius 1 is 1.00 bits per heavy atom. The zero-order valence-corrected chi connectivity index (χ0v) is 19.5. The van der Waals surface area contributed by atoms with Crippen LogP contribution in [0.25, 0.3) is 0 Å². The number of rotatable bonds is 5. The summed E-state index contributed by atoms with van der Waals surface area (Å²) < 4.78 is 6.49. The standard InChI is InChI=1S/C27H28N4O4/c32-24-18-11-27(12-18,26(34)29-24)31-15-17-10-20(4-5-21(17)25(31)33)35-23-3-1-2-22(23)30-13-19(14-30)16-6-8-28-9-7-16/h4-10,18-19,22-23H,1-3,11-15H2,(H,29,32,34)/t18?,22-,23+,27?/m0/s1. The lowest BCUT2D eigenvalue weighted by molar-refractivity contribution is -0.160. The van der Waals surface area contributed by atoms with Gasteiger partial charge in [-0.25, -0.2) is 0 Å². The minimum atomic E-state index is -0.880. The largest absolute Gasteiger partial charge is 0.489 e. The van der Waals surface area contributed by atoms with Crippen molar-refractivity contribution in [2.75, 3.05) is 13.1 Å². The SMILES string of the molecule is O=C1NC(=O)C2(N3Cc4cc(O[C@@H]5CCC[C@@H]5N5CC(c6ccncc6)C5)ccc4C3=O)CC1C2. The summed E-state index contributed by atoms with van der Waals surface area (Å²) in [6, 6.07) is 10.3. The summed E-state index contributed by atoms with van der Waals surface area (Å²) in [5.41, 5.74) is 2.00. The normalized spacial score (nSPS) is 32.2. The molecule has 1 aromatic carbocycles. The quantitative estimate of drug-likeness (QED) is 0.671. The van der Waals surface area contributed by atoms with Crippen molar-refractivity contribution in [2.45, 2.75) is 62.3 Å². The van der Waals surface area contributed by atoms with E-state index in [2.05, 4.69) is 27.3 Å². The molecule has 1 aromatic heterocycles. The molecule has 5 heterocycles. The van der Waals surface area contributed by atoms with Crippen LogP contribution in [0.3, 0.4) is 0 Å². The van der Waals surface area contributed by atoms with Crippen molar-refractivity contribution in [1.82, 2.24) is 20.1 Å². The summed E-state index contributed by atoms with van der Waals surface area (Å²) in [6.07, 6.45) is 8.05. The van der Waals surface area contributed by atoms with Crippen molar-refractivity contribution in [3.63, 3.8) is 0 Å². The second-order valence-electron chi connectivity index (χ2n) is 10.8. The monoisotopic (exact) mass is 472 g/mol. The van der Waals surface area contributed by atoms with Crippen LogP contribution in [-0.4, -0.2) is 63.3 Å². The summed E-state index contributed by atoms with van der Waals surface area (Å²) >= 11 is 0. The Bertz CT molecular complexity index is 1220. The molecule has 3 amide bonds. The van der Waals surface area contributed by atoms with Gasteiger partial charge in [-0.3, -0.25) is 29.6 Å². The highest BCUT2D eigenvalue weighted by Gasteiger charge is 2.63. The van der Waals surface area contributed by atoms with Crippen LogP contribution >= 0.6 is 0 Å². The van der Waals surface area contributed by atoms with Crippen molar-refractivity contribution in [1.29, 1.82) is 0 Å². The first kappa shape index (κ1) is 21.1. The molecule has 2 aliphatic carbocycles. The number of fused-ring (bicyclic) bond motifs is 3. The van der Waals surface area contributed by atoms with Crippen LogP contribution in [0.1, 0.15) is 59.5 Å². The Labute approximate surface area is 203 Å². The summed E-state index contributed by atoms with van der Waals surface area (Å²) in [6.45, 7) is 2.49. The Hall–Kier alpha value is -3.26. The van der Waals surface area contributed by atoms with Gasteiger partial charge in [0.15, 0.2) is 0 Å². The Kier molecular flexibility index (Phi) is 4.58. The molecule has 180 valence electrons. The molecule has 1 N–H and O–H groups in total. The van der Waals surface area contributed by atoms with Crippen LogP contribution in [0.5, 0.6) is 5.75 Å². The summed E-state index contributed by atoms with van der Waals surface area (Å²) in [4.78, 5) is 46.0. The van der Waals surface area contributed by atoms with Gasteiger partial charge in [-0.1, -0.05) is 0 Å². The number of nitrogens with zero attached hydrogens (tertiary/aromatic N) is 3. The molecule has 0 unspecified atom stereocenters. The lowest BCUT2D eigenvalue weighted by atomic mass is 9.63. The number of amides is 3. The number of piperidine rings is 2. The van der Waals surface area contributed by atoms with Gasteiger partial charge in [-0.05, 0) is 73.6 Å². The average molecular weight is 473 g/mol. The number of ether oxygens (including phenoxy) is 1. The van der Waals surface area contributed by atoms with E-state index in [0.29, 0.717) is 36.9 Å². The fraction of sp³-hybridized carbons (Fsp3) is 0.481. The van der Waals surface area contributed by atoms with Crippen LogP contribution in [0.2, 0.25) is 0 Å². The number of hydrogen-bond acceptors (Lipinski definition) is 6. The molecule has 35 heavy (non-hydrogen) atoms. The number of carbonyl (C=O) groups is 3. The predicted molar refractivity (Wildman–Crippen MR) is 126 cm³/mol. The highest BCUT2D eigenvalue weighted by molar-refractivity contribution is 6.10. The van der Waals surface area contributed by atoms with Crippen LogP contribution in [0.4, 0.5) is 0 Å². The van der Waals surface area contributed by atoms with Gasteiger partial charge >= 0.3 is 0 Å². The molecule has 2 aromatic rings. The molecule has 2 bridgehead atoms. The molecule has 8 heteroatoms. The van der Waals surface area contributed by atoms with E-state index >= 15 is 0 Å². The van der Waals surface area contributed by atoms with Gasteiger partial charge in [0.25, 0.3) is 11.8 Å². The number of pyridine rings is 1. The fourth-order valence-corrected chi connectivity index (χ4v) is 6.78. The second-order valence-corrected chi connectivity index (χ2v) is 10.8. The van der Waals surface area contributed by atoms with Crippen LogP contribution in [0.15, 0.2) is 42.7 Å². The first-order valence-corrected chi connectivity index (χ1v) is 12.6. The maximum atomic E-state index is 13.2. The van der Waals surface area contributed by atoms with Gasteiger partial charge in [0.2, 0.25) is 5.91 Å². The van der Waals surface area contributed by atoms with E-state index in [1.54, 1.807) is 4.90 Å². The topological polar surface area (TPSA) is 91.8 Å². The maximum absolute atomic E-state index is 13.2. The van der Waals surface area contributed by atoms with Gasteiger partial charge < -0.3 is 9.64 Å². The summed E-state index contributed by atoms with van der Waals surface area (Å²) in [5, 5.41) is 2.44. The van der Waals surface area contributed by atoms with E-state index in [1.807, 2.05) is 30.6 Å². The fourth-order valence-electron chi connectivity index (χ4n) is 6.78. The van der Waals surface area contributed by atoms with E-state index < -0.39 is 5.54 Å². The van der Waals surface area contributed by atoms with Gasteiger partial charge in [-0.2, -0.15) is 0 Å². The molecule has 3 saturated heterocycles. The number of likely N-dealkylation sites (tertiary alicyclic amines) is 1. The highest BCUT2D eigenvalue weighted by atomic mass is 16.5. The summed E-state index contributed by atoms with van der Waals surface area (Å²) in [7, 11) is 0. The molecule has 4 aliphatic heterocycles. The van der Waals surface area contributed by atoms with E-state index in [-0.39, 0.29) is 29.7 Å². The van der Waals surface area contributed by atoms with Gasteiger partial charge in [0.05, 0.1) is 0 Å². The van der Waals surface area contributed by atoms with Crippen molar-refractivity contribution in [2.24, 2.45) is 5.92 Å². The first-order valence-electron chi connectivity index (χ1n) is 12.6. The number of aromatic nitrogens is 1. The molecule has 8 rings (SSSR count). The molecule has 2 atom stereocenters. The predicted octanol–water partition coefficient (Wildman–Crippen LogP) is 2.24. The van der Waals surface area contributed by atoms with Crippen LogP contribution in [-0.2, 0) is 16.1 Å². The first-order chi connectivity index (χ1) is 17.0. The van der Waals surface area contributed by atoms with Crippen LogP contribution in [0, 0.1) is 5.92 Å². The molecule has 6 aliphatic rings. The zero-order chi connectivity index (χ0) is 23.7. The van der Waals surface area contributed by atoms with E-state index in [1.165, 1.54) is 5.56 Å². The van der Waals surface area contributed by atoms with Crippen LogP contribution < -0.4 is 10.1 Å². The average Bonchev–Trinajstić information content (AvgIpc) is 3.37. The van der Waals surface area contributed by atoms with Crippen molar-refractivity contribution in [3.8, 4) is 5.75 Å². The Morgan fingerprint density at radius 2 is 1.80 bits per heavy atom. The molecule has 8 nitrogen and oxygen atoms in total. The molecule has 0 radical (unpaired) electrons. The van der Waals surface area contributed by atoms with Gasteiger partial charge in [0, 0.05) is 55.5 Å². The van der Waals surface area contributed by atoms with Crippen molar-refractivity contribution < 1.29 is 19.1 Å². The minimum Gasteiger partial charge on any atom is -0.489 e. The third-order valence-corrected chi connectivity index (χ3v) is 8.86. The van der Waals surface area contributed by atoms with Gasteiger partial charge in [-0.15, -0.1) is 0 Å². The van der Waals surface area contributed by atoms with Gasteiger partial charge in [0.1, 0.15) is 17.4 Å². The van der Waals surface area contributed by atoms with Crippen molar-refractivity contribution in [3.05, 3.63) is 59.4 Å². The number of nitrogens with one attached hydrogen (secondary N) is 1. The Balaban J connectivity index is 1.03. The third-order valence-electron chi connectivity index (χ3n) is 8.86. The Morgan fingerprint density at radius 3 is 2.57 bits per heavy atom. The number of carbonyl (C=O) groups excluding carboxylic acids is 3. The minimum absolute atomic E-state index is 0.129. The lowest BCUT2D eigenvalue weighted by Gasteiger charge is -2.53. The second kappa shape index (κ2) is 7.62. The molecular weight excluding hydrogens is 444 g/mol. The van der Waals surface area contributed by atoms with Crippen molar-refractivity contribution >= 4 is 17.7 Å². The molecule has 0 spiro atoms. The maximum Gasteiger partial charge on any atom is 0.255 e. The highest BCUT2D eigenvalue weighted by Crippen LogP contribution is 2.49. The number of imide groups is 1. The lowest BCUT2D eigenvalue weighted by Crippen LogP contribution is -2.73. The molecule has 2 saturated carbocycles. The van der Waals surface area contributed by atoms with E-state index in [9.17, 15) is 14.4 Å².